The van der Waals surface area contributed by atoms with Gasteiger partial charge in [0, 0.05) is 23.5 Å². The van der Waals surface area contributed by atoms with Crippen molar-refractivity contribution in [2.75, 3.05) is 0 Å². The van der Waals surface area contributed by atoms with Gasteiger partial charge in [0.05, 0.1) is 5.56 Å². The SMILES string of the molecule is CC(CCn1c(C(=O)O)cc2ccc(C(=O)O)cc21)NC(=O)OC(C)(C)C. The van der Waals surface area contributed by atoms with E-state index in [4.69, 9.17) is 4.74 Å². The molecule has 0 saturated carbocycles. The highest BCUT2D eigenvalue weighted by atomic mass is 16.6. The molecule has 1 amide bonds. The molecule has 8 nitrogen and oxygen atoms in total. The number of nitrogens with zero attached hydrogens (tertiary/aromatic N) is 1. The molecular weight excluding hydrogens is 352 g/mol. The van der Waals surface area contributed by atoms with Crippen LogP contribution in [0.4, 0.5) is 4.79 Å². The molecule has 0 aliphatic carbocycles. The first-order chi connectivity index (χ1) is 12.5. The fraction of sp³-hybridized carbons (Fsp3) is 0.421. The molecule has 2 aromatic rings. The van der Waals surface area contributed by atoms with E-state index in [1.54, 1.807) is 38.3 Å². The van der Waals surface area contributed by atoms with Gasteiger partial charge in [0.15, 0.2) is 0 Å². The van der Waals surface area contributed by atoms with E-state index in [1.165, 1.54) is 18.2 Å². The average Bonchev–Trinajstić information content (AvgIpc) is 2.88. The van der Waals surface area contributed by atoms with E-state index in [9.17, 15) is 24.6 Å². The van der Waals surface area contributed by atoms with Crippen LogP contribution in [0, 0.1) is 0 Å². The highest BCUT2D eigenvalue weighted by molar-refractivity contribution is 5.98. The van der Waals surface area contributed by atoms with Crippen LogP contribution in [0.25, 0.3) is 10.9 Å². The molecule has 0 spiro atoms. The Morgan fingerprint density at radius 3 is 2.37 bits per heavy atom. The summed E-state index contributed by atoms with van der Waals surface area (Å²) in [6.45, 7) is 7.39. The monoisotopic (exact) mass is 376 g/mol. The van der Waals surface area contributed by atoms with Crippen molar-refractivity contribution in [3.8, 4) is 0 Å². The van der Waals surface area contributed by atoms with Gasteiger partial charge in [-0.3, -0.25) is 0 Å². The highest BCUT2D eigenvalue weighted by Crippen LogP contribution is 2.22. The topological polar surface area (TPSA) is 118 Å². The van der Waals surface area contributed by atoms with Crippen LogP contribution in [0.2, 0.25) is 0 Å². The minimum absolute atomic E-state index is 0.0667. The molecule has 1 atom stereocenters. The van der Waals surface area contributed by atoms with Crippen molar-refractivity contribution >= 4 is 28.9 Å². The summed E-state index contributed by atoms with van der Waals surface area (Å²) in [7, 11) is 0. The van der Waals surface area contributed by atoms with Crippen LogP contribution in [-0.2, 0) is 11.3 Å². The quantitative estimate of drug-likeness (QED) is 0.712. The number of hydrogen-bond acceptors (Lipinski definition) is 4. The van der Waals surface area contributed by atoms with E-state index in [0.29, 0.717) is 23.9 Å². The normalized spacial score (nSPS) is 12.6. The van der Waals surface area contributed by atoms with Crippen LogP contribution in [0.3, 0.4) is 0 Å². The number of carbonyl (C=O) groups is 3. The minimum Gasteiger partial charge on any atom is -0.478 e. The van der Waals surface area contributed by atoms with Crippen molar-refractivity contribution in [3.63, 3.8) is 0 Å². The number of nitrogens with one attached hydrogen (secondary N) is 1. The number of aromatic carboxylic acids is 2. The number of fused-ring (bicyclic) bond motifs is 1. The number of ether oxygens (including phenoxy) is 1. The number of carboxylic acid groups (broad SMARTS) is 2. The van der Waals surface area contributed by atoms with Crippen LogP contribution in [-0.4, -0.2) is 44.5 Å². The van der Waals surface area contributed by atoms with E-state index in [2.05, 4.69) is 5.32 Å². The number of carboxylic acids is 2. The summed E-state index contributed by atoms with van der Waals surface area (Å²) in [5.74, 6) is -2.18. The molecule has 2 rings (SSSR count). The summed E-state index contributed by atoms with van der Waals surface area (Å²) in [5, 5.41) is 22.0. The molecule has 3 N–H and O–H groups in total. The second-order valence-corrected chi connectivity index (χ2v) is 7.40. The molecule has 1 heterocycles. The highest BCUT2D eigenvalue weighted by Gasteiger charge is 2.19. The number of aromatic nitrogens is 1. The van der Waals surface area contributed by atoms with Gasteiger partial charge in [-0.2, -0.15) is 0 Å². The molecule has 27 heavy (non-hydrogen) atoms. The van der Waals surface area contributed by atoms with Gasteiger partial charge in [0.1, 0.15) is 11.3 Å². The second kappa shape index (κ2) is 7.69. The third-order valence-electron chi connectivity index (χ3n) is 3.92. The number of rotatable bonds is 6. The Hall–Kier alpha value is -3.03. The van der Waals surface area contributed by atoms with Gasteiger partial charge in [-0.05, 0) is 52.3 Å². The minimum atomic E-state index is -1.10. The van der Waals surface area contributed by atoms with Gasteiger partial charge in [-0.1, -0.05) is 6.07 Å². The molecule has 0 fully saturated rings. The van der Waals surface area contributed by atoms with Crippen molar-refractivity contribution in [2.45, 2.75) is 52.3 Å². The number of carbonyl (C=O) groups excluding carboxylic acids is 1. The molecular formula is C19H24N2O6. The predicted molar refractivity (Wildman–Crippen MR) is 99.3 cm³/mol. The standard InChI is InChI=1S/C19H24N2O6/c1-11(20-18(26)27-19(2,3)4)7-8-21-14-10-13(16(22)23)6-5-12(14)9-15(21)17(24)25/h5-6,9-11H,7-8H2,1-4H3,(H,20,26)(H,22,23)(H,24,25). The largest absolute Gasteiger partial charge is 0.478 e. The van der Waals surface area contributed by atoms with Gasteiger partial charge in [0.2, 0.25) is 0 Å². The van der Waals surface area contributed by atoms with Gasteiger partial charge in [-0.25, -0.2) is 14.4 Å². The van der Waals surface area contributed by atoms with Crippen molar-refractivity contribution in [2.24, 2.45) is 0 Å². The summed E-state index contributed by atoms with van der Waals surface area (Å²) in [4.78, 5) is 34.6. The van der Waals surface area contributed by atoms with Gasteiger partial charge < -0.3 is 24.8 Å². The van der Waals surface area contributed by atoms with Crippen molar-refractivity contribution in [1.82, 2.24) is 9.88 Å². The molecule has 0 aliphatic rings. The molecule has 1 unspecified atom stereocenters. The van der Waals surface area contributed by atoms with E-state index in [1.807, 2.05) is 0 Å². The summed E-state index contributed by atoms with van der Waals surface area (Å²) in [6, 6.07) is 5.73. The van der Waals surface area contributed by atoms with Crippen molar-refractivity contribution in [3.05, 3.63) is 35.5 Å². The molecule has 1 aromatic heterocycles. The maximum Gasteiger partial charge on any atom is 0.407 e. The molecule has 1 aromatic carbocycles. The lowest BCUT2D eigenvalue weighted by atomic mass is 10.1. The number of amides is 1. The Kier molecular flexibility index (Phi) is 5.78. The zero-order chi connectivity index (χ0) is 20.4. The fourth-order valence-corrected chi connectivity index (χ4v) is 2.71. The first kappa shape index (κ1) is 20.3. The van der Waals surface area contributed by atoms with Gasteiger partial charge in [0.25, 0.3) is 0 Å². The Morgan fingerprint density at radius 1 is 1.15 bits per heavy atom. The van der Waals surface area contributed by atoms with Crippen LogP contribution < -0.4 is 5.32 Å². The van der Waals surface area contributed by atoms with Gasteiger partial charge in [-0.15, -0.1) is 0 Å². The Bertz CT molecular complexity index is 878. The molecule has 0 aliphatic heterocycles. The lowest BCUT2D eigenvalue weighted by Gasteiger charge is -2.22. The zero-order valence-electron chi connectivity index (χ0n) is 15.8. The molecule has 0 bridgehead atoms. The third kappa shape index (κ3) is 5.22. The zero-order valence-corrected chi connectivity index (χ0v) is 15.8. The Balaban J connectivity index is 2.20. The average molecular weight is 376 g/mol. The van der Waals surface area contributed by atoms with E-state index in [0.717, 1.165) is 0 Å². The number of benzene rings is 1. The molecule has 0 radical (unpaired) electrons. The predicted octanol–water partition coefficient (Wildman–Crippen LogP) is 3.34. The molecule has 8 heteroatoms. The Morgan fingerprint density at radius 2 is 1.81 bits per heavy atom. The maximum atomic E-state index is 11.8. The first-order valence-corrected chi connectivity index (χ1v) is 8.57. The van der Waals surface area contributed by atoms with Crippen molar-refractivity contribution < 1.29 is 29.3 Å². The summed E-state index contributed by atoms with van der Waals surface area (Å²) >= 11 is 0. The Labute approximate surface area is 156 Å². The molecule has 146 valence electrons. The molecule has 0 saturated heterocycles. The fourth-order valence-electron chi connectivity index (χ4n) is 2.71. The second-order valence-electron chi connectivity index (χ2n) is 7.40. The number of hydrogen-bond donors (Lipinski definition) is 3. The van der Waals surface area contributed by atoms with Crippen LogP contribution in [0.1, 0.15) is 55.0 Å². The number of aryl methyl sites for hydroxylation is 1. The van der Waals surface area contributed by atoms with Crippen LogP contribution in [0.15, 0.2) is 24.3 Å². The third-order valence-corrected chi connectivity index (χ3v) is 3.92. The lowest BCUT2D eigenvalue weighted by Crippen LogP contribution is -2.38. The lowest BCUT2D eigenvalue weighted by molar-refractivity contribution is 0.0503. The maximum absolute atomic E-state index is 11.8. The van der Waals surface area contributed by atoms with E-state index >= 15 is 0 Å². The van der Waals surface area contributed by atoms with Crippen LogP contribution in [0.5, 0.6) is 0 Å². The van der Waals surface area contributed by atoms with E-state index in [-0.39, 0.29) is 17.3 Å². The van der Waals surface area contributed by atoms with Crippen LogP contribution >= 0.6 is 0 Å². The summed E-state index contributed by atoms with van der Waals surface area (Å²) < 4.78 is 6.76. The van der Waals surface area contributed by atoms with E-state index < -0.39 is 23.6 Å². The number of alkyl carbamates (subject to hydrolysis) is 1. The summed E-state index contributed by atoms with van der Waals surface area (Å²) in [6.07, 6.45) is -0.0976. The first-order valence-electron chi connectivity index (χ1n) is 8.57. The van der Waals surface area contributed by atoms with Gasteiger partial charge >= 0.3 is 18.0 Å². The summed E-state index contributed by atoms with van der Waals surface area (Å²) in [5.41, 5.74) is 0.0666. The van der Waals surface area contributed by atoms with Crippen molar-refractivity contribution in [1.29, 1.82) is 0 Å². The smallest absolute Gasteiger partial charge is 0.407 e.